The highest BCUT2D eigenvalue weighted by Crippen LogP contribution is 2.19. The number of hydrogen-bond acceptors (Lipinski definition) is 3. The van der Waals surface area contributed by atoms with Crippen molar-refractivity contribution in [3.05, 3.63) is 0 Å². The lowest BCUT2D eigenvalue weighted by Crippen LogP contribution is -2.52. The van der Waals surface area contributed by atoms with Crippen molar-refractivity contribution in [3.8, 4) is 0 Å². The molecule has 12 heavy (non-hydrogen) atoms. The van der Waals surface area contributed by atoms with Gasteiger partial charge in [0.1, 0.15) is 0 Å². The van der Waals surface area contributed by atoms with Gasteiger partial charge in [0.05, 0.1) is 0 Å². The van der Waals surface area contributed by atoms with Crippen LogP contribution in [0.3, 0.4) is 0 Å². The monoisotopic (exact) mass is 172 g/mol. The summed E-state index contributed by atoms with van der Waals surface area (Å²) in [7, 11) is 0. The number of aliphatic hydroxyl groups is 1. The number of aliphatic hydroxyl groups excluding tert-OH is 1. The molecule has 2 unspecified atom stereocenters. The van der Waals surface area contributed by atoms with Crippen LogP contribution in [0.15, 0.2) is 0 Å². The Morgan fingerprint density at radius 1 is 1.50 bits per heavy atom. The van der Waals surface area contributed by atoms with Crippen LogP contribution in [0, 0.1) is 5.92 Å². The van der Waals surface area contributed by atoms with Crippen LogP contribution in [0.25, 0.3) is 0 Å². The van der Waals surface area contributed by atoms with Crippen molar-refractivity contribution in [3.63, 3.8) is 0 Å². The van der Waals surface area contributed by atoms with Crippen molar-refractivity contribution >= 4 is 0 Å². The normalized spacial score (nSPS) is 34.0. The van der Waals surface area contributed by atoms with Gasteiger partial charge in [0.2, 0.25) is 0 Å². The minimum absolute atomic E-state index is 0.257. The Labute approximate surface area is 74.3 Å². The Balaban J connectivity index is 2.14. The van der Waals surface area contributed by atoms with Crippen molar-refractivity contribution in [1.29, 1.82) is 0 Å². The van der Waals surface area contributed by atoms with Gasteiger partial charge in [-0.25, -0.2) is 0 Å². The summed E-state index contributed by atoms with van der Waals surface area (Å²) in [5.41, 5.74) is 5.66. The SMILES string of the molecule is CC(CO)C(C)NC1CC(N)C1. The predicted molar refractivity (Wildman–Crippen MR) is 49.8 cm³/mol. The van der Waals surface area contributed by atoms with E-state index in [0.717, 1.165) is 12.8 Å². The van der Waals surface area contributed by atoms with E-state index in [0.29, 0.717) is 24.0 Å². The fraction of sp³-hybridized carbons (Fsp3) is 1.00. The number of nitrogens with two attached hydrogens (primary N) is 1. The third-order valence-electron chi connectivity index (χ3n) is 2.81. The molecule has 0 aromatic heterocycles. The molecule has 0 saturated heterocycles. The van der Waals surface area contributed by atoms with Gasteiger partial charge in [-0.3, -0.25) is 0 Å². The molecule has 1 fully saturated rings. The Hall–Kier alpha value is -0.120. The third-order valence-corrected chi connectivity index (χ3v) is 2.81. The molecule has 1 aliphatic carbocycles. The molecule has 0 bridgehead atoms. The summed E-state index contributed by atoms with van der Waals surface area (Å²) < 4.78 is 0. The van der Waals surface area contributed by atoms with Gasteiger partial charge >= 0.3 is 0 Å². The van der Waals surface area contributed by atoms with Crippen molar-refractivity contribution < 1.29 is 5.11 Å². The molecule has 72 valence electrons. The minimum atomic E-state index is 0.257. The van der Waals surface area contributed by atoms with E-state index in [1.54, 1.807) is 0 Å². The van der Waals surface area contributed by atoms with E-state index >= 15 is 0 Å². The molecule has 0 aromatic rings. The van der Waals surface area contributed by atoms with E-state index in [1.165, 1.54) is 0 Å². The minimum Gasteiger partial charge on any atom is -0.396 e. The topological polar surface area (TPSA) is 58.3 Å². The average molecular weight is 172 g/mol. The highest BCUT2D eigenvalue weighted by atomic mass is 16.3. The summed E-state index contributed by atoms with van der Waals surface area (Å²) in [5.74, 6) is 0.335. The van der Waals surface area contributed by atoms with Gasteiger partial charge < -0.3 is 16.2 Å². The molecule has 0 aromatic carbocycles. The van der Waals surface area contributed by atoms with Crippen LogP contribution in [-0.2, 0) is 0 Å². The van der Waals surface area contributed by atoms with Crippen LogP contribution in [0.5, 0.6) is 0 Å². The molecule has 3 nitrogen and oxygen atoms in total. The van der Waals surface area contributed by atoms with Crippen molar-refractivity contribution in [2.75, 3.05) is 6.61 Å². The summed E-state index contributed by atoms with van der Waals surface area (Å²) in [5, 5.41) is 12.4. The molecular weight excluding hydrogens is 152 g/mol. The molecule has 2 atom stereocenters. The smallest absolute Gasteiger partial charge is 0.0471 e. The molecule has 0 aliphatic heterocycles. The molecule has 1 rings (SSSR count). The summed E-state index contributed by atoms with van der Waals surface area (Å²) in [6, 6.07) is 1.38. The van der Waals surface area contributed by atoms with Gasteiger partial charge in [0.15, 0.2) is 0 Å². The van der Waals surface area contributed by atoms with Crippen LogP contribution in [0.1, 0.15) is 26.7 Å². The second-order valence-corrected chi connectivity index (χ2v) is 4.04. The van der Waals surface area contributed by atoms with Crippen molar-refractivity contribution in [2.45, 2.75) is 44.8 Å². The van der Waals surface area contributed by atoms with E-state index < -0.39 is 0 Å². The predicted octanol–water partition coefficient (Wildman–Crippen LogP) is 0.0826. The second kappa shape index (κ2) is 4.21. The number of rotatable bonds is 4. The van der Waals surface area contributed by atoms with Crippen LogP contribution in [0.4, 0.5) is 0 Å². The van der Waals surface area contributed by atoms with E-state index in [9.17, 15) is 0 Å². The number of hydrogen-bond donors (Lipinski definition) is 3. The third kappa shape index (κ3) is 2.44. The second-order valence-electron chi connectivity index (χ2n) is 4.04. The maximum atomic E-state index is 8.90. The van der Waals surface area contributed by atoms with E-state index in [1.807, 2.05) is 0 Å². The fourth-order valence-corrected chi connectivity index (χ4v) is 1.49. The van der Waals surface area contributed by atoms with Gasteiger partial charge in [-0.15, -0.1) is 0 Å². The molecule has 0 spiro atoms. The Bertz CT molecular complexity index is 134. The van der Waals surface area contributed by atoms with Crippen molar-refractivity contribution in [2.24, 2.45) is 11.7 Å². The largest absolute Gasteiger partial charge is 0.396 e. The standard InChI is InChI=1S/C9H20N2O/c1-6(5-12)7(2)11-9-3-8(10)4-9/h6-9,11-12H,3-5,10H2,1-2H3. The lowest BCUT2D eigenvalue weighted by Gasteiger charge is -2.36. The molecular formula is C9H20N2O. The lowest BCUT2D eigenvalue weighted by molar-refractivity contribution is 0.181. The zero-order valence-corrected chi connectivity index (χ0v) is 7.96. The highest BCUT2D eigenvalue weighted by Gasteiger charge is 2.27. The summed E-state index contributed by atoms with van der Waals surface area (Å²) in [4.78, 5) is 0. The summed E-state index contributed by atoms with van der Waals surface area (Å²) in [6.07, 6.45) is 2.17. The Kier molecular flexibility index (Phi) is 3.50. The lowest BCUT2D eigenvalue weighted by atomic mass is 9.86. The van der Waals surface area contributed by atoms with Gasteiger partial charge in [0.25, 0.3) is 0 Å². The zero-order chi connectivity index (χ0) is 9.14. The highest BCUT2D eigenvalue weighted by molar-refractivity contribution is 4.89. The molecule has 4 N–H and O–H groups in total. The Morgan fingerprint density at radius 2 is 2.08 bits per heavy atom. The maximum Gasteiger partial charge on any atom is 0.0471 e. The van der Waals surface area contributed by atoms with Crippen LogP contribution < -0.4 is 11.1 Å². The molecule has 0 radical (unpaired) electrons. The average Bonchev–Trinajstić information content (AvgIpc) is 2.00. The van der Waals surface area contributed by atoms with E-state index in [-0.39, 0.29) is 6.61 Å². The molecule has 0 amide bonds. The molecule has 0 heterocycles. The summed E-state index contributed by atoms with van der Waals surface area (Å²) >= 11 is 0. The quantitative estimate of drug-likeness (QED) is 0.563. The van der Waals surface area contributed by atoms with Crippen LogP contribution >= 0.6 is 0 Å². The van der Waals surface area contributed by atoms with Crippen LogP contribution in [0.2, 0.25) is 0 Å². The van der Waals surface area contributed by atoms with Gasteiger partial charge in [-0.05, 0) is 25.7 Å². The van der Waals surface area contributed by atoms with Crippen LogP contribution in [-0.4, -0.2) is 29.8 Å². The zero-order valence-electron chi connectivity index (χ0n) is 7.96. The maximum absolute atomic E-state index is 8.90. The molecule has 3 heteroatoms. The first-order valence-electron chi connectivity index (χ1n) is 4.76. The molecule has 1 aliphatic rings. The fourth-order valence-electron chi connectivity index (χ4n) is 1.49. The first-order valence-corrected chi connectivity index (χ1v) is 4.76. The number of nitrogens with one attached hydrogen (secondary N) is 1. The van der Waals surface area contributed by atoms with Gasteiger partial charge in [0, 0.05) is 24.7 Å². The molecule has 1 saturated carbocycles. The first kappa shape index (κ1) is 9.96. The Morgan fingerprint density at radius 3 is 2.50 bits per heavy atom. The summed E-state index contributed by atoms with van der Waals surface area (Å²) in [6.45, 7) is 4.42. The van der Waals surface area contributed by atoms with Gasteiger partial charge in [-0.2, -0.15) is 0 Å². The van der Waals surface area contributed by atoms with Gasteiger partial charge in [-0.1, -0.05) is 6.92 Å². The van der Waals surface area contributed by atoms with E-state index in [4.69, 9.17) is 10.8 Å². The van der Waals surface area contributed by atoms with Crippen molar-refractivity contribution in [1.82, 2.24) is 5.32 Å². The van der Waals surface area contributed by atoms with E-state index in [2.05, 4.69) is 19.2 Å². The first-order chi connectivity index (χ1) is 5.63.